The zero-order chi connectivity index (χ0) is 17.4. The van der Waals surface area contributed by atoms with Gasteiger partial charge in [-0.3, -0.25) is 0 Å². The Morgan fingerprint density at radius 1 is 0.917 bits per heavy atom. The van der Waals surface area contributed by atoms with Crippen LogP contribution in [0.5, 0.6) is 0 Å². The van der Waals surface area contributed by atoms with Crippen LogP contribution < -0.4 is 5.01 Å². The molecule has 0 aliphatic carbocycles. The standard InChI is InChI=1S/C16H8F5N3/c17-11-12(18)14(20)16(15(21)13(11)19)24-9(7-22)6-10(23-24)8-4-2-1-3-5-8/h1-5,9H,6H2. The van der Waals surface area contributed by atoms with E-state index in [9.17, 15) is 22.0 Å². The van der Waals surface area contributed by atoms with E-state index >= 15 is 0 Å². The number of benzene rings is 2. The summed E-state index contributed by atoms with van der Waals surface area (Å²) in [5.74, 6) is -10.5. The minimum absolute atomic E-state index is 0.0139. The first-order chi connectivity index (χ1) is 11.5. The number of halogens is 5. The van der Waals surface area contributed by atoms with Crippen LogP contribution in [0.25, 0.3) is 0 Å². The van der Waals surface area contributed by atoms with Gasteiger partial charge in [-0.05, 0) is 5.56 Å². The van der Waals surface area contributed by atoms with Gasteiger partial charge < -0.3 is 0 Å². The molecule has 2 aromatic carbocycles. The Morgan fingerprint density at radius 2 is 1.46 bits per heavy atom. The molecule has 8 heteroatoms. The van der Waals surface area contributed by atoms with Crippen LogP contribution in [0, 0.1) is 40.4 Å². The van der Waals surface area contributed by atoms with Gasteiger partial charge in [0.1, 0.15) is 11.7 Å². The van der Waals surface area contributed by atoms with Crippen molar-refractivity contribution in [3.8, 4) is 6.07 Å². The van der Waals surface area contributed by atoms with E-state index in [-0.39, 0.29) is 6.42 Å². The van der Waals surface area contributed by atoms with Gasteiger partial charge in [0.2, 0.25) is 5.82 Å². The van der Waals surface area contributed by atoms with Gasteiger partial charge in [0.05, 0.1) is 11.8 Å². The monoisotopic (exact) mass is 337 g/mol. The smallest absolute Gasteiger partial charge is 0.200 e. The van der Waals surface area contributed by atoms with Gasteiger partial charge in [0.25, 0.3) is 0 Å². The predicted molar refractivity (Wildman–Crippen MR) is 75.7 cm³/mol. The molecule has 1 atom stereocenters. The molecule has 0 fully saturated rings. The van der Waals surface area contributed by atoms with Crippen LogP contribution >= 0.6 is 0 Å². The quantitative estimate of drug-likeness (QED) is 0.474. The highest BCUT2D eigenvalue weighted by atomic mass is 19.2. The second kappa shape index (κ2) is 5.92. The molecule has 0 radical (unpaired) electrons. The van der Waals surface area contributed by atoms with E-state index in [0.717, 1.165) is 0 Å². The summed E-state index contributed by atoms with van der Waals surface area (Å²) in [6.07, 6.45) is -0.0139. The first kappa shape index (κ1) is 15.9. The van der Waals surface area contributed by atoms with Gasteiger partial charge in [-0.15, -0.1) is 0 Å². The van der Waals surface area contributed by atoms with Crippen LogP contribution in [-0.2, 0) is 0 Å². The van der Waals surface area contributed by atoms with Crippen LogP contribution in [0.1, 0.15) is 12.0 Å². The fourth-order valence-electron chi connectivity index (χ4n) is 2.42. The van der Waals surface area contributed by atoms with Crippen LogP contribution in [0.3, 0.4) is 0 Å². The number of nitrogens with zero attached hydrogens (tertiary/aromatic N) is 3. The summed E-state index contributed by atoms with van der Waals surface area (Å²) >= 11 is 0. The molecule has 1 aliphatic heterocycles. The number of hydrogen-bond acceptors (Lipinski definition) is 3. The van der Waals surface area contributed by atoms with E-state index in [2.05, 4.69) is 5.10 Å². The number of hydrazone groups is 1. The van der Waals surface area contributed by atoms with Crippen molar-refractivity contribution < 1.29 is 22.0 Å². The summed E-state index contributed by atoms with van der Waals surface area (Å²) in [5, 5.41) is 13.6. The van der Waals surface area contributed by atoms with Crippen LogP contribution in [0.2, 0.25) is 0 Å². The number of rotatable bonds is 2. The predicted octanol–water partition coefficient (Wildman–Crippen LogP) is 3.89. The summed E-state index contributed by atoms with van der Waals surface area (Å²) in [4.78, 5) is 0. The normalized spacial score (nSPS) is 16.9. The Labute approximate surface area is 133 Å². The SMILES string of the molecule is N#CC1CC(c2ccccc2)=NN1c1c(F)c(F)c(F)c(F)c1F. The Hall–Kier alpha value is -2.95. The highest BCUT2D eigenvalue weighted by Gasteiger charge is 2.36. The molecule has 1 unspecified atom stereocenters. The molecule has 0 bridgehead atoms. The Morgan fingerprint density at radius 3 is 2.00 bits per heavy atom. The van der Waals surface area contributed by atoms with Crippen molar-refractivity contribution in [2.45, 2.75) is 12.5 Å². The van der Waals surface area contributed by atoms with E-state index in [0.29, 0.717) is 16.3 Å². The molecular formula is C16H8F5N3. The molecule has 0 saturated carbocycles. The van der Waals surface area contributed by atoms with Gasteiger partial charge in [0.15, 0.2) is 23.3 Å². The summed E-state index contributed by atoms with van der Waals surface area (Å²) in [6.45, 7) is 0. The van der Waals surface area contributed by atoms with Gasteiger partial charge in [-0.2, -0.15) is 10.4 Å². The molecule has 3 nitrogen and oxygen atoms in total. The molecule has 1 aliphatic rings. The summed E-state index contributed by atoms with van der Waals surface area (Å²) in [6, 6.07) is 9.03. The first-order valence-corrected chi connectivity index (χ1v) is 6.79. The van der Waals surface area contributed by atoms with Gasteiger partial charge in [0, 0.05) is 6.42 Å². The maximum Gasteiger partial charge on any atom is 0.200 e. The maximum absolute atomic E-state index is 14.0. The molecule has 0 N–H and O–H groups in total. The lowest BCUT2D eigenvalue weighted by atomic mass is 10.0. The minimum Gasteiger partial charge on any atom is -0.241 e. The van der Waals surface area contributed by atoms with Crippen molar-refractivity contribution >= 4 is 11.4 Å². The summed E-state index contributed by atoms with van der Waals surface area (Å²) < 4.78 is 67.8. The third-order valence-corrected chi connectivity index (χ3v) is 3.58. The van der Waals surface area contributed by atoms with Crippen molar-refractivity contribution in [3.05, 3.63) is 65.0 Å². The highest BCUT2D eigenvalue weighted by molar-refractivity contribution is 6.03. The van der Waals surface area contributed by atoms with Crippen molar-refractivity contribution in [1.29, 1.82) is 5.26 Å². The Kier molecular flexibility index (Phi) is 3.93. The van der Waals surface area contributed by atoms with Crippen molar-refractivity contribution in [2.24, 2.45) is 5.10 Å². The fraction of sp³-hybridized carbons (Fsp3) is 0.125. The van der Waals surface area contributed by atoms with Crippen LogP contribution in [0.15, 0.2) is 35.4 Å². The van der Waals surface area contributed by atoms with E-state index < -0.39 is 40.8 Å². The second-order valence-corrected chi connectivity index (χ2v) is 5.02. The number of nitriles is 1. The molecule has 0 aromatic heterocycles. The first-order valence-electron chi connectivity index (χ1n) is 6.79. The number of hydrogen-bond donors (Lipinski definition) is 0. The van der Waals surface area contributed by atoms with Gasteiger partial charge >= 0.3 is 0 Å². The molecule has 0 saturated heterocycles. The third kappa shape index (κ3) is 2.38. The van der Waals surface area contributed by atoms with Crippen molar-refractivity contribution in [1.82, 2.24) is 0 Å². The molecule has 3 rings (SSSR count). The summed E-state index contributed by atoms with van der Waals surface area (Å²) in [7, 11) is 0. The largest absolute Gasteiger partial charge is 0.241 e. The number of anilines is 1. The fourth-order valence-corrected chi connectivity index (χ4v) is 2.42. The average Bonchev–Trinajstić information content (AvgIpc) is 3.03. The lowest BCUT2D eigenvalue weighted by Gasteiger charge is -2.19. The van der Waals surface area contributed by atoms with Crippen molar-refractivity contribution in [3.63, 3.8) is 0 Å². The third-order valence-electron chi connectivity index (χ3n) is 3.58. The minimum atomic E-state index is -2.26. The second-order valence-electron chi connectivity index (χ2n) is 5.02. The molecule has 24 heavy (non-hydrogen) atoms. The highest BCUT2D eigenvalue weighted by Crippen LogP contribution is 2.34. The van der Waals surface area contributed by atoms with E-state index in [1.54, 1.807) is 36.4 Å². The lowest BCUT2D eigenvalue weighted by Crippen LogP contribution is -2.27. The van der Waals surface area contributed by atoms with Crippen LogP contribution in [0.4, 0.5) is 27.6 Å². The maximum atomic E-state index is 14.0. The molecule has 0 amide bonds. The zero-order valence-corrected chi connectivity index (χ0v) is 11.9. The molecule has 122 valence electrons. The van der Waals surface area contributed by atoms with Gasteiger partial charge in [-0.25, -0.2) is 27.0 Å². The average molecular weight is 337 g/mol. The van der Waals surface area contributed by atoms with Crippen molar-refractivity contribution in [2.75, 3.05) is 5.01 Å². The van der Waals surface area contributed by atoms with E-state index in [1.807, 2.05) is 0 Å². The summed E-state index contributed by atoms with van der Waals surface area (Å²) in [5.41, 5.74) is -0.334. The zero-order valence-electron chi connectivity index (χ0n) is 11.9. The van der Waals surface area contributed by atoms with Crippen LogP contribution in [-0.4, -0.2) is 11.8 Å². The van der Waals surface area contributed by atoms with Gasteiger partial charge in [-0.1, -0.05) is 30.3 Å². The molecule has 0 spiro atoms. The van der Waals surface area contributed by atoms with E-state index in [1.165, 1.54) is 0 Å². The molecule has 1 heterocycles. The lowest BCUT2D eigenvalue weighted by molar-refractivity contribution is 0.378. The topological polar surface area (TPSA) is 39.4 Å². The molecular weight excluding hydrogens is 329 g/mol. The Bertz CT molecular complexity index is 845. The Balaban J connectivity index is 2.15. The molecule has 2 aromatic rings. The van der Waals surface area contributed by atoms with E-state index in [4.69, 9.17) is 5.26 Å².